The molecule has 1 aromatic heterocycles. The lowest BCUT2D eigenvalue weighted by atomic mass is 10.00. The van der Waals surface area contributed by atoms with Crippen LogP contribution in [0.15, 0.2) is 28.7 Å². The number of hydrogen-bond donors (Lipinski definition) is 1. The molecule has 106 valence electrons. The van der Waals surface area contributed by atoms with Gasteiger partial charge in [-0.15, -0.1) is 10.2 Å². The summed E-state index contributed by atoms with van der Waals surface area (Å²) >= 11 is 0. The molecule has 1 atom stereocenters. The molecule has 2 aromatic rings. The van der Waals surface area contributed by atoms with Gasteiger partial charge in [0.05, 0.1) is 0 Å². The number of aryl methyl sites for hydroxylation is 1. The first-order valence-electron chi connectivity index (χ1n) is 7.04. The number of aromatic nitrogens is 2. The summed E-state index contributed by atoms with van der Waals surface area (Å²) in [5.74, 6) is 2.41. The normalized spacial score (nSPS) is 18.9. The van der Waals surface area contributed by atoms with Crippen LogP contribution >= 0.6 is 0 Å². The van der Waals surface area contributed by atoms with Crippen LogP contribution in [0.1, 0.15) is 36.1 Å². The van der Waals surface area contributed by atoms with Crippen LogP contribution in [0.25, 0.3) is 0 Å². The Hall–Kier alpha value is -1.88. The first-order valence-corrected chi connectivity index (χ1v) is 7.04. The maximum absolute atomic E-state index is 5.68. The van der Waals surface area contributed by atoms with Gasteiger partial charge in [0.15, 0.2) is 6.61 Å². The van der Waals surface area contributed by atoms with Gasteiger partial charge in [-0.25, -0.2) is 0 Å². The fraction of sp³-hybridized carbons (Fsp3) is 0.467. The molecule has 2 heterocycles. The molecule has 0 amide bonds. The Morgan fingerprint density at radius 1 is 1.30 bits per heavy atom. The molecule has 1 N–H and O–H groups in total. The molecular weight excluding hydrogens is 254 g/mol. The van der Waals surface area contributed by atoms with Crippen LogP contribution in [-0.2, 0) is 6.61 Å². The van der Waals surface area contributed by atoms with Crippen LogP contribution in [-0.4, -0.2) is 23.3 Å². The third-order valence-corrected chi connectivity index (χ3v) is 3.51. The summed E-state index contributed by atoms with van der Waals surface area (Å²) in [6.07, 6.45) is 2.26. The SMILES string of the molecule is Cc1ccc(OCc2nnc(C3CCCNC3)o2)cc1. The second-order valence-corrected chi connectivity index (χ2v) is 5.18. The van der Waals surface area contributed by atoms with Crippen molar-refractivity contribution in [3.8, 4) is 5.75 Å². The summed E-state index contributed by atoms with van der Waals surface area (Å²) < 4.78 is 11.3. The summed E-state index contributed by atoms with van der Waals surface area (Å²) in [6, 6.07) is 7.92. The first-order chi connectivity index (χ1) is 9.81. The highest BCUT2D eigenvalue weighted by molar-refractivity contribution is 5.26. The van der Waals surface area contributed by atoms with Gasteiger partial charge in [0.25, 0.3) is 5.89 Å². The van der Waals surface area contributed by atoms with Gasteiger partial charge in [0.1, 0.15) is 5.75 Å². The van der Waals surface area contributed by atoms with Crippen molar-refractivity contribution >= 4 is 0 Å². The standard InChI is InChI=1S/C15H19N3O2/c1-11-4-6-13(7-5-11)19-10-14-17-18-15(20-14)12-3-2-8-16-9-12/h4-7,12,16H,2-3,8-10H2,1H3. The van der Waals surface area contributed by atoms with Crippen molar-refractivity contribution < 1.29 is 9.15 Å². The van der Waals surface area contributed by atoms with Crippen LogP contribution in [0, 0.1) is 6.92 Å². The highest BCUT2D eigenvalue weighted by atomic mass is 16.5. The smallest absolute Gasteiger partial charge is 0.253 e. The third-order valence-electron chi connectivity index (χ3n) is 3.51. The number of hydrogen-bond acceptors (Lipinski definition) is 5. The van der Waals surface area contributed by atoms with E-state index in [1.807, 2.05) is 31.2 Å². The Kier molecular flexibility index (Phi) is 3.97. The lowest BCUT2D eigenvalue weighted by Crippen LogP contribution is -2.28. The van der Waals surface area contributed by atoms with Crippen LogP contribution < -0.4 is 10.1 Å². The fourth-order valence-electron chi connectivity index (χ4n) is 2.33. The lowest BCUT2D eigenvalue weighted by molar-refractivity contribution is 0.253. The van der Waals surface area contributed by atoms with Crippen molar-refractivity contribution in [3.63, 3.8) is 0 Å². The van der Waals surface area contributed by atoms with Gasteiger partial charge in [0.2, 0.25) is 5.89 Å². The van der Waals surface area contributed by atoms with E-state index in [9.17, 15) is 0 Å². The minimum atomic E-state index is 0.316. The Bertz CT molecular complexity index is 545. The summed E-state index contributed by atoms with van der Waals surface area (Å²) in [4.78, 5) is 0. The number of ether oxygens (including phenoxy) is 1. The summed E-state index contributed by atoms with van der Waals surface area (Å²) in [6.45, 7) is 4.36. The Morgan fingerprint density at radius 2 is 2.15 bits per heavy atom. The first kappa shape index (κ1) is 13.1. The van der Waals surface area contributed by atoms with Crippen LogP contribution in [0.5, 0.6) is 5.75 Å². The van der Waals surface area contributed by atoms with E-state index in [4.69, 9.17) is 9.15 Å². The molecule has 20 heavy (non-hydrogen) atoms. The van der Waals surface area contributed by atoms with E-state index < -0.39 is 0 Å². The van der Waals surface area contributed by atoms with Gasteiger partial charge < -0.3 is 14.5 Å². The molecule has 1 fully saturated rings. The quantitative estimate of drug-likeness (QED) is 0.927. The molecule has 0 saturated carbocycles. The van der Waals surface area contributed by atoms with Crippen LogP contribution in [0.3, 0.4) is 0 Å². The van der Waals surface area contributed by atoms with Gasteiger partial charge in [-0.3, -0.25) is 0 Å². The van der Waals surface area contributed by atoms with Crippen molar-refractivity contribution in [2.75, 3.05) is 13.1 Å². The maximum atomic E-state index is 5.68. The van der Waals surface area contributed by atoms with E-state index in [0.29, 0.717) is 18.4 Å². The number of benzene rings is 1. The average molecular weight is 273 g/mol. The molecule has 5 heteroatoms. The number of nitrogens with zero attached hydrogens (tertiary/aromatic N) is 2. The van der Waals surface area contributed by atoms with Crippen molar-refractivity contribution in [1.29, 1.82) is 0 Å². The molecule has 1 saturated heterocycles. The van der Waals surface area contributed by atoms with Gasteiger partial charge in [0, 0.05) is 12.5 Å². The van der Waals surface area contributed by atoms with Crippen molar-refractivity contribution in [1.82, 2.24) is 15.5 Å². The zero-order valence-electron chi connectivity index (χ0n) is 11.6. The Balaban J connectivity index is 1.58. The molecule has 0 aliphatic carbocycles. The molecule has 1 aliphatic heterocycles. The minimum absolute atomic E-state index is 0.316. The average Bonchev–Trinajstić information content (AvgIpc) is 2.97. The number of piperidine rings is 1. The molecule has 1 aromatic carbocycles. The number of rotatable bonds is 4. The highest BCUT2D eigenvalue weighted by Crippen LogP contribution is 2.22. The van der Waals surface area contributed by atoms with E-state index in [1.165, 1.54) is 5.56 Å². The van der Waals surface area contributed by atoms with Gasteiger partial charge in [-0.05, 0) is 38.4 Å². The molecule has 1 unspecified atom stereocenters. The molecule has 0 spiro atoms. The molecule has 0 bridgehead atoms. The molecule has 1 aliphatic rings. The Labute approximate surface area is 118 Å². The van der Waals surface area contributed by atoms with Gasteiger partial charge >= 0.3 is 0 Å². The van der Waals surface area contributed by atoms with Crippen LogP contribution in [0.2, 0.25) is 0 Å². The fourth-order valence-corrected chi connectivity index (χ4v) is 2.33. The van der Waals surface area contributed by atoms with Gasteiger partial charge in [-0.2, -0.15) is 0 Å². The molecular formula is C15H19N3O2. The predicted octanol–water partition coefficient (Wildman–Crippen LogP) is 2.42. The monoisotopic (exact) mass is 273 g/mol. The minimum Gasteiger partial charge on any atom is -0.484 e. The maximum Gasteiger partial charge on any atom is 0.253 e. The zero-order chi connectivity index (χ0) is 13.8. The summed E-state index contributed by atoms with van der Waals surface area (Å²) in [5.41, 5.74) is 1.21. The lowest BCUT2D eigenvalue weighted by Gasteiger charge is -2.18. The molecule has 5 nitrogen and oxygen atoms in total. The molecule has 3 rings (SSSR count). The molecule has 0 radical (unpaired) electrons. The van der Waals surface area contributed by atoms with Crippen molar-refractivity contribution in [2.24, 2.45) is 0 Å². The highest BCUT2D eigenvalue weighted by Gasteiger charge is 2.21. The van der Waals surface area contributed by atoms with Gasteiger partial charge in [-0.1, -0.05) is 17.7 Å². The van der Waals surface area contributed by atoms with Crippen LogP contribution in [0.4, 0.5) is 0 Å². The van der Waals surface area contributed by atoms with E-state index in [0.717, 1.165) is 37.6 Å². The number of nitrogens with one attached hydrogen (secondary N) is 1. The topological polar surface area (TPSA) is 60.2 Å². The van der Waals surface area contributed by atoms with E-state index in [-0.39, 0.29) is 0 Å². The van der Waals surface area contributed by atoms with Crippen molar-refractivity contribution in [2.45, 2.75) is 32.3 Å². The zero-order valence-corrected chi connectivity index (χ0v) is 11.6. The largest absolute Gasteiger partial charge is 0.484 e. The Morgan fingerprint density at radius 3 is 2.90 bits per heavy atom. The van der Waals surface area contributed by atoms with E-state index in [1.54, 1.807) is 0 Å². The second kappa shape index (κ2) is 6.05. The van der Waals surface area contributed by atoms with Crippen molar-refractivity contribution in [3.05, 3.63) is 41.6 Å². The van der Waals surface area contributed by atoms with E-state index in [2.05, 4.69) is 15.5 Å². The predicted molar refractivity (Wildman–Crippen MR) is 74.7 cm³/mol. The second-order valence-electron chi connectivity index (χ2n) is 5.18. The summed E-state index contributed by atoms with van der Waals surface area (Å²) in [5, 5.41) is 11.5. The summed E-state index contributed by atoms with van der Waals surface area (Å²) in [7, 11) is 0. The van der Waals surface area contributed by atoms with E-state index >= 15 is 0 Å². The third kappa shape index (κ3) is 3.17.